The van der Waals surface area contributed by atoms with Crippen molar-refractivity contribution in [1.29, 1.82) is 0 Å². The van der Waals surface area contributed by atoms with Crippen LogP contribution in [-0.2, 0) is 20.7 Å². The second-order valence-electron chi connectivity index (χ2n) is 8.49. The second kappa shape index (κ2) is 10.9. The fourth-order valence-electron chi connectivity index (χ4n) is 4.38. The molecule has 2 atom stereocenters. The van der Waals surface area contributed by atoms with E-state index in [9.17, 15) is 19.5 Å². The maximum Gasteiger partial charge on any atom is 0.407 e. The number of nitrogens with zero attached hydrogens (tertiary/aromatic N) is 1. The molecule has 35 heavy (non-hydrogen) atoms. The fourth-order valence-corrected chi connectivity index (χ4v) is 4.38. The van der Waals surface area contributed by atoms with Gasteiger partial charge in [-0.3, -0.25) is 4.79 Å². The van der Waals surface area contributed by atoms with Crippen molar-refractivity contribution >= 4 is 18.0 Å². The van der Waals surface area contributed by atoms with Crippen LogP contribution in [0, 0.1) is 5.92 Å². The Balaban J connectivity index is 1.30. The van der Waals surface area contributed by atoms with E-state index in [0.29, 0.717) is 12.1 Å². The van der Waals surface area contributed by atoms with E-state index in [1.807, 2.05) is 36.4 Å². The summed E-state index contributed by atoms with van der Waals surface area (Å²) in [5, 5.41) is 14.7. The first-order chi connectivity index (χ1) is 17.0. The summed E-state index contributed by atoms with van der Waals surface area (Å²) < 4.78 is 5.52. The predicted molar refractivity (Wildman–Crippen MR) is 129 cm³/mol. The van der Waals surface area contributed by atoms with E-state index in [0.717, 1.165) is 22.3 Å². The second-order valence-corrected chi connectivity index (χ2v) is 8.49. The van der Waals surface area contributed by atoms with Crippen LogP contribution in [0.5, 0.6) is 0 Å². The van der Waals surface area contributed by atoms with E-state index in [1.165, 1.54) is 12.5 Å². The number of benzene rings is 2. The van der Waals surface area contributed by atoms with Gasteiger partial charge in [0.2, 0.25) is 5.91 Å². The summed E-state index contributed by atoms with van der Waals surface area (Å²) in [5.41, 5.74) is 5.11. The number of rotatable bonds is 10. The van der Waals surface area contributed by atoms with Gasteiger partial charge < -0.3 is 25.5 Å². The maximum absolute atomic E-state index is 12.7. The number of hydrogen-bond donors (Lipinski definition) is 4. The summed E-state index contributed by atoms with van der Waals surface area (Å²) in [6.07, 6.45) is 2.84. The molecule has 0 radical (unpaired) electrons. The Labute approximate surface area is 202 Å². The summed E-state index contributed by atoms with van der Waals surface area (Å²) >= 11 is 0. The number of fused-ring (bicyclic) bond motifs is 3. The lowest BCUT2D eigenvalue weighted by Gasteiger charge is -2.20. The predicted octanol–water partition coefficient (Wildman–Crippen LogP) is 3.09. The number of carboxylic acid groups (broad SMARTS) is 1. The highest BCUT2D eigenvalue weighted by molar-refractivity contribution is 5.85. The molecule has 4 N–H and O–H groups in total. The minimum Gasteiger partial charge on any atom is -0.480 e. The van der Waals surface area contributed by atoms with Gasteiger partial charge in [-0.05, 0) is 28.7 Å². The number of aromatic nitrogens is 2. The van der Waals surface area contributed by atoms with Crippen LogP contribution in [0.15, 0.2) is 61.1 Å². The van der Waals surface area contributed by atoms with E-state index in [1.54, 1.807) is 6.92 Å². The summed E-state index contributed by atoms with van der Waals surface area (Å²) in [6, 6.07) is 15.0. The number of hydrogen-bond acceptors (Lipinski definition) is 5. The zero-order chi connectivity index (χ0) is 24.8. The maximum atomic E-state index is 12.7. The molecule has 0 saturated carbocycles. The van der Waals surface area contributed by atoms with Crippen molar-refractivity contribution in [2.45, 2.75) is 31.7 Å². The monoisotopic (exact) mass is 476 g/mol. The number of amides is 2. The zero-order valence-corrected chi connectivity index (χ0v) is 19.4. The van der Waals surface area contributed by atoms with Crippen molar-refractivity contribution in [2.75, 3.05) is 13.2 Å². The lowest BCUT2D eigenvalue weighted by atomic mass is 9.98. The van der Waals surface area contributed by atoms with Crippen LogP contribution in [0.3, 0.4) is 0 Å². The molecule has 0 spiro atoms. The standard InChI is InChI=1S/C26H28N4O5/c1-2-16(24(31)30-23(25(32)33)11-17-13-27-15-29-17)12-28-26(34)35-14-22-20-9-5-3-7-18(20)19-8-4-6-10-21(19)22/h3-10,13,15-16,22-23H,2,11-12,14H2,1H3,(H,27,29)(H,28,34)(H,30,31)(H,32,33)/t16?,23-/m0/s1. The first kappa shape index (κ1) is 24.0. The number of carbonyl (C=O) groups is 3. The van der Waals surface area contributed by atoms with Gasteiger partial charge in [0.05, 0.1) is 12.2 Å². The summed E-state index contributed by atoms with van der Waals surface area (Å²) in [4.78, 5) is 43.4. The lowest BCUT2D eigenvalue weighted by Crippen LogP contribution is -2.47. The molecule has 4 rings (SSSR count). The number of alkyl carbamates (subject to hydrolysis) is 1. The van der Waals surface area contributed by atoms with Crippen LogP contribution in [0.1, 0.15) is 36.1 Å². The topological polar surface area (TPSA) is 133 Å². The van der Waals surface area contributed by atoms with E-state index in [4.69, 9.17) is 4.74 Å². The quantitative estimate of drug-likeness (QED) is 0.355. The molecule has 1 unspecified atom stereocenters. The first-order valence-corrected chi connectivity index (χ1v) is 11.6. The molecule has 0 aliphatic heterocycles. The Morgan fingerprint density at radius 1 is 1.09 bits per heavy atom. The van der Waals surface area contributed by atoms with Crippen LogP contribution < -0.4 is 10.6 Å². The van der Waals surface area contributed by atoms with Crippen molar-refractivity contribution in [3.63, 3.8) is 0 Å². The molecule has 3 aromatic rings. The number of carboxylic acids is 1. The Hall–Kier alpha value is -4.14. The molecule has 1 aromatic heterocycles. The SMILES string of the molecule is CCC(CNC(=O)OCC1c2ccccc2-c2ccccc21)C(=O)N[C@@H](Cc1cnc[nH]1)C(=O)O. The molecule has 0 saturated heterocycles. The lowest BCUT2D eigenvalue weighted by molar-refractivity contribution is -0.142. The fraction of sp³-hybridized carbons (Fsp3) is 0.308. The highest BCUT2D eigenvalue weighted by Gasteiger charge is 2.29. The molecule has 2 aromatic carbocycles. The molecule has 1 heterocycles. The van der Waals surface area contributed by atoms with Gasteiger partial charge in [0.25, 0.3) is 0 Å². The number of aliphatic carboxylic acids is 1. The van der Waals surface area contributed by atoms with Gasteiger partial charge in [0.15, 0.2) is 0 Å². The molecule has 1 aliphatic carbocycles. The van der Waals surface area contributed by atoms with Crippen LogP contribution in [0.2, 0.25) is 0 Å². The van der Waals surface area contributed by atoms with E-state index in [2.05, 4.69) is 32.7 Å². The molecular formula is C26H28N4O5. The van der Waals surface area contributed by atoms with Crippen molar-refractivity contribution in [1.82, 2.24) is 20.6 Å². The van der Waals surface area contributed by atoms with Gasteiger partial charge in [-0.15, -0.1) is 0 Å². The molecular weight excluding hydrogens is 448 g/mol. The number of nitrogens with one attached hydrogen (secondary N) is 3. The van der Waals surface area contributed by atoms with Gasteiger partial charge in [-0.2, -0.15) is 0 Å². The minimum atomic E-state index is -1.15. The van der Waals surface area contributed by atoms with Crippen LogP contribution in [-0.4, -0.2) is 52.2 Å². The Morgan fingerprint density at radius 2 is 1.74 bits per heavy atom. The highest BCUT2D eigenvalue weighted by atomic mass is 16.5. The number of carbonyl (C=O) groups excluding carboxylic acids is 2. The van der Waals surface area contributed by atoms with E-state index in [-0.39, 0.29) is 25.5 Å². The van der Waals surface area contributed by atoms with Gasteiger partial charge in [0.1, 0.15) is 12.6 Å². The van der Waals surface area contributed by atoms with Crippen LogP contribution in [0.25, 0.3) is 11.1 Å². The van der Waals surface area contributed by atoms with Crippen LogP contribution in [0.4, 0.5) is 4.79 Å². The van der Waals surface area contributed by atoms with Crippen molar-refractivity contribution in [3.05, 3.63) is 77.9 Å². The molecule has 1 aliphatic rings. The highest BCUT2D eigenvalue weighted by Crippen LogP contribution is 2.44. The molecule has 0 bridgehead atoms. The molecule has 2 amide bonds. The zero-order valence-electron chi connectivity index (χ0n) is 19.4. The van der Waals surface area contributed by atoms with Crippen LogP contribution >= 0.6 is 0 Å². The number of H-pyrrole nitrogens is 1. The van der Waals surface area contributed by atoms with Crippen molar-refractivity contribution in [2.24, 2.45) is 5.92 Å². The molecule has 182 valence electrons. The average Bonchev–Trinajstić information content (AvgIpc) is 3.48. The number of imidazole rings is 1. The Morgan fingerprint density at radius 3 is 2.31 bits per heavy atom. The first-order valence-electron chi connectivity index (χ1n) is 11.6. The largest absolute Gasteiger partial charge is 0.480 e. The third-order valence-corrected chi connectivity index (χ3v) is 6.29. The Kier molecular flexibility index (Phi) is 7.45. The smallest absolute Gasteiger partial charge is 0.407 e. The van der Waals surface area contributed by atoms with E-state index < -0.39 is 29.9 Å². The van der Waals surface area contributed by atoms with Gasteiger partial charge >= 0.3 is 12.1 Å². The Bertz CT molecular complexity index is 1150. The van der Waals surface area contributed by atoms with Crippen molar-refractivity contribution < 1.29 is 24.2 Å². The van der Waals surface area contributed by atoms with Gasteiger partial charge in [0, 0.05) is 30.8 Å². The molecule has 9 nitrogen and oxygen atoms in total. The summed E-state index contributed by atoms with van der Waals surface area (Å²) in [5.74, 6) is -2.25. The molecule has 0 fully saturated rings. The summed E-state index contributed by atoms with van der Waals surface area (Å²) in [7, 11) is 0. The minimum absolute atomic E-state index is 0.0371. The molecule has 9 heteroatoms. The third kappa shape index (κ3) is 5.51. The van der Waals surface area contributed by atoms with Crippen molar-refractivity contribution in [3.8, 4) is 11.1 Å². The average molecular weight is 477 g/mol. The van der Waals surface area contributed by atoms with E-state index >= 15 is 0 Å². The number of ether oxygens (including phenoxy) is 1. The number of aromatic amines is 1. The summed E-state index contributed by atoms with van der Waals surface area (Å²) in [6.45, 7) is 2.01. The normalized spacial score (nSPS) is 13.9. The van der Waals surface area contributed by atoms with Gasteiger partial charge in [-0.25, -0.2) is 14.6 Å². The van der Waals surface area contributed by atoms with Gasteiger partial charge in [-0.1, -0.05) is 55.5 Å². The third-order valence-electron chi connectivity index (χ3n) is 6.29.